The van der Waals surface area contributed by atoms with Gasteiger partial charge in [-0.2, -0.15) is 0 Å². The zero-order valence-electron chi connectivity index (χ0n) is 22.0. The van der Waals surface area contributed by atoms with Gasteiger partial charge < -0.3 is 10.2 Å². The van der Waals surface area contributed by atoms with Crippen LogP contribution in [0.5, 0.6) is 0 Å². The number of carbonyl (C=O) groups is 2. The number of nitrogens with zero attached hydrogens (tertiary/aromatic N) is 2. The van der Waals surface area contributed by atoms with Crippen molar-refractivity contribution in [1.82, 2.24) is 10.2 Å². The number of benzene rings is 3. The molecule has 0 bridgehead atoms. The summed E-state index contributed by atoms with van der Waals surface area (Å²) < 4.78 is 42.1. The Labute approximate surface area is 229 Å². The van der Waals surface area contributed by atoms with E-state index in [1.54, 1.807) is 60.7 Å². The number of amides is 2. The van der Waals surface area contributed by atoms with Crippen molar-refractivity contribution >= 4 is 27.5 Å². The maximum Gasteiger partial charge on any atom is 0.264 e. The number of hydrogen-bond acceptors (Lipinski definition) is 4. The molecule has 1 saturated carbocycles. The van der Waals surface area contributed by atoms with E-state index in [1.807, 2.05) is 6.92 Å². The molecule has 7 nitrogen and oxygen atoms in total. The molecule has 0 unspecified atom stereocenters. The molecule has 1 atom stereocenters. The summed E-state index contributed by atoms with van der Waals surface area (Å²) in [6.07, 6.45) is 4.21. The molecule has 1 fully saturated rings. The molecule has 0 aromatic heterocycles. The first-order chi connectivity index (χ1) is 18.8. The van der Waals surface area contributed by atoms with Crippen LogP contribution >= 0.6 is 0 Å². The van der Waals surface area contributed by atoms with E-state index in [1.165, 1.54) is 29.2 Å². The summed E-state index contributed by atoms with van der Waals surface area (Å²) in [6, 6.07) is 21.3. The van der Waals surface area contributed by atoms with Crippen molar-refractivity contribution in [2.45, 2.75) is 62.6 Å². The van der Waals surface area contributed by atoms with Gasteiger partial charge in [0.15, 0.2) is 0 Å². The molecule has 4 rings (SSSR count). The molecular weight excluding hydrogens is 517 g/mol. The number of carbonyl (C=O) groups excluding carboxylic acids is 2. The highest BCUT2D eigenvalue weighted by Gasteiger charge is 2.34. The molecular formula is C30H34FN3O4S. The van der Waals surface area contributed by atoms with Crippen molar-refractivity contribution in [3.05, 3.63) is 96.3 Å². The van der Waals surface area contributed by atoms with E-state index in [4.69, 9.17) is 0 Å². The normalized spacial score (nSPS) is 14.5. The van der Waals surface area contributed by atoms with Crippen LogP contribution in [-0.2, 0) is 26.2 Å². The Morgan fingerprint density at radius 1 is 0.923 bits per heavy atom. The quantitative estimate of drug-likeness (QED) is 0.368. The first kappa shape index (κ1) is 28.3. The maximum absolute atomic E-state index is 14.0. The second-order valence-electron chi connectivity index (χ2n) is 9.72. The highest BCUT2D eigenvalue weighted by molar-refractivity contribution is 7.92. The van der Waals surface area contributed by atoms with Crippen LogP contribution in [0.15, 0.2) is 89.8 Å². The zero-order valence-corrected chi connectivity index (χ0v) is 22.8. The van der Waals surface area contributed by atoms with Crippen molar-refractivity contribution < 1.29 is 22.4 Å². The van der Waals surface area contributed by atoms with E-state index in [-0.39, 0.29) is 23.4 Å². The smallest absolute Gasteiger partial charge is 0.264 e. The lowest BCUT2D eigenvalue weighted by atomic mass is 10.1. The average Bonchev–Trinajstić information content (AvgIpc) is 3.46. The molecule has 0 heterocycles. The lowest BCUT2D eigenvalue weighted by Gasteiger charge is -2.33. The number of nitrogens with one attached hydrogen (secondary N) is 1. The van der Waals surface area contributed by atoms with Crippen molar-refractivity contribution in [3.8, 4) is 0 Å². The molecule has 3 aromatic rings. The number of sulfonamides is 1. The third-order valence-electron chi connectivity index (χ3n) is 7.01. The highest BCUT2D eigenvalue weighted by atomic mass is 32.2. The van der Waals surface area contributed by atoms with Gasteiger partial charge in [0.1, 0.15) is 18.4 Å². The Balaban J connectivity index is 1.68. The van der Waals surface area contributed by atoms with E-state index in [0.29, 0.717) is 17.7 Å². The van der Waals surface area contributed by atoms with Gasteiger partial charge in [-0.1, -0.05) is 68.3 Å². The molecule has 3 aromatic carbocycles. The average molecular weight is 552 g/mol. The predicted octanol–water partition coefficient (Wildman–Crippen LogP) is 4.89. The van der Waals surface area contributed by atoms with E-state index in [2.05, 4.69) is 5.32 Å². The first-order valence-corrected chi connectivity index (χ1v) is 14.7. The van der Waals surface area contributed by atoms with Crippen LogP contribution in [0, 0.1) is 5.82 Å². The van der Waals surface area contributed by atoms with Gasteiger partial charge in [0.25, 0.3) is 10.0 Å². The predicted molar refractivity (Wildman–Crippen MR) is 149 cm³/mol. The Morgan fingerprint density at radius 3 is 2.10 bits per heavy atom. The largest absolute Gasteiger partial charge is 0.352 e. The van der Waals surface area contributed by atoms with E-state index < -0.39 is 34.3 Å². The van der Waals surface area contributed by atoms with Gasteiger partial charge in [-0.15, -0.1) is 0 Å². The van der Waals surface area contributed by atoms with Crippen molar-refractivity contribution in [2.24, 2.45) is 0 Å². The van der Waals surface area contributed by atoms with Gasteiger partial charge in [-0.05, 0) is 61.2 Å². The lowest BCUT2D eigenvalue weighted by Crippen LogP contribution is -2.53. The fourth-order valence-electron chi connectivity index (χ4n) is 4.92. The summed E-state index contributed by atoms with van der Waals surface area (Å²) >= 11 is 0. The summed E-state index contributed by atoms with van der Waals surface area (Å²) in [5, 5.41) is 3.08. The van der Waals surface area contributed by atoms with Gasteiger partial charge in [-0.25, -0.2) is 12.8 Å². The van der Waals surface area contributed by atoms with Crippen molar-refractivity contribution in [1.29, 1.82) is 0 Å². The molecule has 2 amide bonds. The monoisotopic (exact) mass is 551 g/mol. The van der Waals surface area contributed by atoms with E-state index >= 15 is 0 Å². The molecule has 39 heavy (non-hydrogen) atoms. The standard InChI is InChI=1S/C30H34FN3O4S/c1-2-28(30(36)32-25-11-9-10-12-25)33(21-23-17-19-24(31)20-18-23)29(35)22-34(26-13-5-3-6-14-26)39(37,38)27-15-7-4-8-16-27/h3-8,13-20,25,28H,2,9-12,21-22H2,1H3,(H,32,36)/t28-/m1/s1. The van der Waals surface area contributed by atoms with Crippen molar-refractivity contribution in [3.63, 3.8) is 0 Å². The van der Waals surface area contributed by atoms with Crippen LogP contribution in [0.1, 0.15) is 44.6 Å². The third-order valence-corrected chi connectivity index (χ3v) is 8.80. The number of hydrogen-bond donors (Lipinski definition) is 1. The topological polar surface area (TPSA) is 86.8 Å². The highest BCUT2D eigenvalue weighted by Crippen LogP contribution is 2.25. The molecule has 206 valence electrons. The van der Waals surface area contributed by atoms with Crippen LogP contribution in [0.4, 0.5) is 10.1 Å². The number of halogens is 1. The van der Waals surface area contributed by atoms with Gasteiger partial charge in [0, 0.05) is 12.6 Å². The maximum atomic E-state index is 14.0. The summed E-state index contributed by atoms with van der Waals surface area (Å²) in [5.41, 5.74) is 0.967. The Hall–Kier alpha value is -3.72. The first-order valence-electron chi connectivity index (χ1n) is 13.3. The molecule has 0 radical (unpaired) electrons. The Kier molecular flexibility index (Phi) is 9.35. The second-order valence-corrected chi connectivity index (χ2v) is 11.6. The minimum absolute atomic E-state index is 0.0315. The minimum Gasteiger partial charge on any atom is -0.352 e. The van der Waals surface area contributed by atoms with Crippen LogP contribution < -0.4 is 9.62 Å². The number of para-hydroxylation sites is 1. The number of rotatable bonds is 11. The molecule has 0 aliphatic heterocycles. The van der Waals surface area contributed by atoms with Gasteiger partial charge >= 0.3 is 0 Å². The molecule has 1 aliphatic carbocycles. The Morgan fingerprint density at radius 2 is 1.51 bits per heavy atom. The third kappa shape index (κ3) is 7.03. The summed E-state index contributed by atoms with van der Waals surface area (Å²) in [5.74, 6) is -1.21. The second kappa shape index (κ2) is 12.9. The molecule has 9 heteroatoms. The minimum atomic E-state index is -4.10. The molecule has 0 spiro atoms. The number of anilines is 1. The SMILES string of the molecule is CC[C@H](C(=O)NC1CCCC1)N(Cc1ccc(F)cc1)C(=O)CN(c1ccccc1)S(=O)(=O)c1ccccc1. The molecule has 1 N–H and O–H groups in total. The summed E-state index contributed by atoms with van der Waals surface area (Å²) in [6.45, 7) is 1.35. The van der Waals surface area contributed by atoms with E-state index in [9.17, 15) is 22.4 Å². The van der Waals surface area contributed by atoms with Crippen LogP contribution in [-0.4, -0.2) is 43.8 Å². The zero-order chi connectivity index (χ0) is 27.8. The van der Waals surface area contributed by atoms with E-state index in [0.717, 1.165) is 30.0 Å². The fraction of sp³-hybridized carbons (Fsp3) is 0.333. The van der Waals surface area contributed by atoms with Gasteiger partial charge in [-0.3, -0.25) is 13.9 Å². The summed E-state index contributed by atoms with van der Waals surface area (Å²) in [4.78, 5) is 28.8. The van der Waals surface area contributed by atoms with Crippen LogP contribution in [0.3, 0.4) is 0 Å². The van der Waals surface area contributed by atoms with Gasteiger partial charge in [0.2, 0.25) is 11.8 Å². The lowest BCUT2D eigenvalue weighted by molar-refractivity contribution is -0.140. The fourth-order valence-corrected chi connectivity index (χ4v) is 6.35. The summed E-state index contributed by atoms with van der Waals surface area (Å²) in [7, 11) is -4.10. The van der Waals surface area contributed by atoms with Crippen LogP contribution in [0.25, 0.3) is 0 Å². The van der Waals surface area contributed by atoms with Crippen molar-refractivity contribution in [2.75, 3.05) is 10.8 Å². The Bertz CT molecular complexity index is 1350. The molecule has 0 saturated heterocycles. The molecule has 1 aliphatic rings. The van der Waals surface area contributed by atoms with Gasteiger partial charge in [0.05, 0.1) is 10.6 Å². The van der Waals surface area contributed by atoms with Crippen LogP contribution in [0.2, 0.25) is 0 Å².